The Morgan fingerprint density at radius 3 is 2.72 bits per heavy atom. The van der Waals surface area contributed by atoms with Gasteiger partial charge in [0.05, 0.1) is 12.2 Å². The molecule has 2 rings (SSSR count). The Morgan fingerprint density at radius 1 is 1.28 bits per heavy atom. The lowest BCUT2D eigenvalue weighted by molar-refractivity contribution is 0.139. The summed E-state index contributed by atoms with van der Waals surface area (Å²) in [5.41, 5.74) is 1.73. The van der Waals surface area contributed by atoms with E-state index < -0.39 is 0 Å². The minimum atomic E-state index is -0.366. The standard InChI is InChI=1S/C25H46N2O2/c1-6-7-8-10-21(28)11-12-22-23-16-19(15-20(23)17-24(22)29)18-26-13-9-14-27(5)25(2,3)4/h11-12,15,20-24,26,28-29H,6-10,13-14,16-18H2,1-5H3/t20-,21-,22+,23-,24+/m0/s1. The molecule has 0 aliphatic heterocycles. The first-order valence-electron chi connectivity index (χ1n) is 11.9. The molecule has 0 bridgehead atoms. The predicted octanol–water partition coefficient (Wildman–Crippen LogP) is 4.14. The third kappa shape index (κ3) is 7.82. The molecule has 0 spiro atoms. The van der Waals surface area contributed by atoms with Crippen molar-refractivity contribution < 1.29 is 10.2 Å². The number of aliphatic hydroxyl groups is 2. The fraction of sp³-hybridized carbons (Fsp3) is 0.840. The van der Waals surface area contributed by atoms with Gasteiger partial charge in [0.1, 0.15) is 0 Å². The molecule has 2 aliphatic rings. The molecule has 0 radical (unpaired) electrons. The fourth-order valence-electron chi connectivity index (χ4n) is 4.72. The maximum absolute atomic E-state index is 10.5. The smallest absolute Gasteiger partial charge is 0.0721 e. The van der Waals surface area contributed by atoms with Gasteiger partial charge in [0.2, 0.25) is 0 Å². The van der Waals surface area contributed by atoms with Crippen LogP contribution in [-0.2, 0) is 0 Å². The highest BCUT2D eigenvalue weighted by atomic mass is 16.3. The summed E-state index contributed by atoms with van der Waals surface area (Å²) >= 11 is 0. The molecule has 4 nitrogen and oxygen atoms in total. The van der Waals surface area contributed by atoms with Crippen molar-refractivity contribution in [2.24, 2.45) is 17.8 Å². The second kappa shape index (κ2) is 11.6. The van der Waals surface area contributed by atoms with E-state index in [2.05, 4.69) is 57.1 Å². The van der Waals surface area contributed by atoms with E-state index in [1.54, 1.807) is 0 Å². The van der Waals surface area contributed by atoms with E-state index in [9.17, 15) is 10.2 Å². The van der Waals surface area contributed by atoms with Crippen LogP contribution in [0.1, 0.15) is 72.6 Å². The Balaban J connectivity index is 1.71. The minimum absolute atomic E-state index is 0.190. The number of aliphatic hydroxyl groups excluding tert-OH is 2. The number of fused-ring (bicyclic) bond motifs is 1. The van der Waals surface area contributed by atoms with Crippen LogP contribution >= 0.6 is 0 Å². The van der Waals surface area contributed by atoms with Gasteiger partial charge >= 0.3 is 0 Å². The topological polar surface area (TPSA) is 55.7 Å². The fourth-order valence-corrected chi connectivity index (χ4v) is 4.72. The number of nitrogens with one attached hydrogen (secondary N) is 1. The van der Waals surface area contributed by atoms with Gasteiger partial charge in [-0.25, -0.2) is 0 Å². The van der Waals surface area contributed by atoms with E-state index in [1.165, 1.54) is 18.4 Å². The van der Waals surface area contributed by atoms with Crippen molar-refractivity contribution in [3.8, 4) is 0 Å². The number of nitrogens with zero attached hydrogens (tertiary/aromatic N) is 1. The lowest BCUT2D eigenvalue weighted by atomic mass is 9.89. The van der Waals surface area contributed by atoms with Gasteiger partial charge in [-0.2, -0.15) is 0 Å². The highest BCUT2D eigenvalue weighted by Crippen LogP contribution is 2.47. The predicted molar refractivity (Wildman–Crippen MR) is 123 cm³/mol. The lowest BCUT2D eigenvalue weighted by Crippen LogP contribution is -2.39. The Hall–Kier alpha value is -0.680. The molecule has 3 N–H and O–H groups in total. The van der Waals surface area contributed by atoms with E-state index >= 15 is 0 Å². The van der Waals surface area contributed by atoms with Crippen molar-refractivity contribution in [2.75, 3.05) is 26.7 Å². The molecular weight excluding hydrogens is 360 g/mol. The van der Waals surface area contributed by atoms with Crippen molar-refractivity contribution in [2.45, 2.75) is 90.4 Å². The van der Waals surface area contributed by atoms with Crippen molar-refractivity contribution in [3.63, 3.8) is 0 Å². The molecule has 0 saturated heterocycles. The van der Waals surface area contributed by atoms with Gasteiger partial charge in [-0.1, -0.05) is 50.0 Å². The first-order chi connectivity index (χ1) is 13.7. The third-order valence-electron chi connectivity index (χ3n) is 6.95. The molecule has 168 valence electrons. The summed E-state index contributed by atoms with van der Waals surface area (Å²) in [5.74, 6) is 1.20. The number of rotatable bonds is 12. The molecule has 2 aliphatic carbocycles. The highest BCUT2D eigenvalue weighted by molar-refractivity contribution is 5.21. The Kier molecular flexibility index (Phi) is 9.87. The van der Waals surface area contributed by atoms with Crippen LogP contribution in [0.3, 0.4) is 0 Å². The van der Waals surface area contributed by atoms with Crippen LogP contribution in [0.15, 0.2) is 23.8 Å². The quantitative estimate of drug-likeness (QED) is 0.337. The van der Waals surface area contributed by atoms with Gasteiger partial charge in [-0.3, -0.25) is 0 Å². The first kappa shape index (κ1) is 24.6. The maximum Gasteiger partial charge on any atom is 0.0721 e. The van der Waals surface area contributed by atoms with Crippen LogP contribution in [0.25, 0.3) is 0 Å². The second-order valence-corrected chi connectivity index (χ2v) is 10.3. The summed E-state index contributed by atoms with van der Waals surface area (Å²) in [6.45, 7) is 12.1. The van der Waals surface area contributed by atoms with E-state index in [1.807, 2.05) is 6.08 Å². The van der Waals surface area contributed by atoms with Crippen LogP contribution < -0.4 is 5.32 Å². The molecule has 1 saturated carbocycles. The Labute approximate surface area is 179 Å². The third-order valence-corrected chi connectivity index (χ3v) is 6.95. The van der Waals surface area contributed by atoms with E-state index in [4.69, 9.17) is 0 Å². The Bertz CT molecular complexity index is 537. The summed E-state index contributed by atoms with van der Waals surface area (Å²) in [4.78, 5) is 2.41. The zero-order chi connectivity index (χ0) is 21.4. The van der Waals surface area contributed by atoms with Gasteiger partial charge in [0.15, 0.2) is 0 Å². The minimum Gasteiger partial charge on any atom is -0.392 e. The van der Waals surface area contributed by atoms with Crippen molar-refractivity contribution in [3.05, 3.63) is 23.8 Å². The van der Waals surface area contributed by atoms with Crippen LogP contribution in [0.2, 0.25) is 0 Å². The summed E-state index contributed by atoms with van der Waals surface area (Å²) in [6.07, 6.45) is 13.2. The Morgan fingerprint density at radius 2 is 2.03 bits per heavy atom. The molecule has 29 heavy (non-hydrogen) atoms. The van der Waals surface area contributed by atoms with Crippen LogP contribution in [-0.4, -0.2) is 59.5 Å². The lowest BCUT2D eigenvalue weighted by Gasteiger charge is -2.31. The van der Waals surface area contributed by atoms with Crippen LogP contribution in [0.4, 0.5) is 0 Å². The van der Waals surface area contributed by atoms with Crippen molar-refractivity contribution >= 4 is 0 Å². The first-order valence-corrected chi connectivity index (χ1v) is 11.9. The van der Waals surface area contributed by atoms with Crippen LogP contribution in [0, 0.1) is 17.8 Å². The molecule has 0 aromatic heterocycles. The normalized spacial score (nSPS) is 28.3. The zero-order valence-corrected chi connectivity index (χ0v) is 19.5. The van der Waals surface area contributed by atoms with E-state index in [0.717, 1.165) is 51.7 Å². The number of hydrogen-bond donors (Lipinski definition) is 3. The number of hydrogen-bond acceptors (Lipinski definition) is 4. The largest absolute Gasteiger partial charge is 0.392 e. The zero-order valence-electron chi connectivity index (χ0n) is 19.5. The number of allylic oxidation sites excluding steroid dienone is 1. The molecule has 1 fully saturated rings. The SMILES string of the molecule is CCCCC[C@H](O)C=C[C@@H]1[C@H]2CC(CNCCCN(C)C(C)(C)C)=C[C@H]2C[C@H]1O. The van der Waals surface area contributed by atoms with Crippen molar-refractivity contribution in [1.82, 2.24) is 10.2 Å². The number of unbranched alkanes of at least 4 members (excludes halogenated alkanes) is 2. The summed E-state index contributed by atoms with van der Waals surface area (Å²) in [6, 6.07) is 0. The van der Waals surface area contributed by atoms with E-state index in [-0.39, 0.29) is 23.7 Å². The van der Waals surface area contributed by atoms with Crippen molar-refractivity contribution in [1.29, 1.82) is 0 Å². The average molecular weight is 407 g/mol. The molecule has 0 heterocycles. The van der Waals surface area contributed by atoms with Gasteiger partial charge in [0, 0.05) is 18.0 Å². The maximum atomic E-state index is 10.5. The molecule has 0 aromatic carbocycles. The van der Waals surface area contributed by atoms with Gasteiger partial charge < -0.3 is 20.4 Å². The second-order valence-electron chi connectivity index (χ2n) is 10.3. The summed E-state index contributed by atoms with van der Waals surface area (Å²) in [7, 11) is 2.19. The summed E-state index contributed by atoms with van der Waals surface area (Å²) in [5, 5.41) is 24.3. The van der Waals surface area contributed by atoms with Gasteiger partial charge in [-0.05, 0) is 78.4 Å². The van der Waals surface area contributed by atoms with Crippen LogP contribution in [0.5, 0.6) is 0 Å². The van der Waals surface area contributed by atoms with Gasteiger partial charge in [0.25, 0.3) is 0 Å². The molecule has 0 amide bonds. The monoisotopic (exact) mass is 406 g/mol. The van der Waals surface area contributed by atoms with Gasteiger partial charge in [-0.15, -0.1) is 0 Å². The molecule has 0 unspecified atom stereocenters. The molecule has 4 heteroatoms. The molecule has 0 aromatic rings. The highest BCUT2D eigenvalue weighted by Gasteiger charge is 2.43. The van der Waals surface area contributed by atoms with E-state index in [0.29, 0.717) is 11.8 Å². The molecular formula is C25H46N2O2. The average Bonchev–Trinajstić information content (AvgIpc) is 3.15. The molecule has 5 atom stereocenters. The summed E-state index contributed by atoms with van der Waals surface area (Å²) < 4.78 is 0.